The number of Topliss-reactive ketones (excluding diaryl/α,β-unsaturated/α-hetero) is 1. The average Bonchev–Trinajstić information content (AvgIpc) is 3.36. The topological polar surface area (TPSA) is 93.6 Å². The van der Waals surface area contributed by atoms with Crippen LogP contribution in [0.5, 0.6) is 5.75 Å². The van der Waals surface area contributed by atoms with Crippen molar-refractivity contribution in [3.8, 4) is 5.75 Å². The molecular formula is C27H21BrN2O4. The number of ketones is 1. The minimum Gasteiger partial charge on any atom is -0.508 e. The number of aromatic amines is 1. The smallest absolute Gasteiger partial charge is 0.295 e. The van der Waals surface area contributed by atoms with Gasteiger partial charge in [0.05, 0.1) is 11.6 Å². The van der Waals surface area contributed by atoms with Crippen LogP contribution in [0.25, 0.3) is 16.7 Å². The van der Waals surface area contributed by atoms with Gasteiger partial charge in [-0.05, 0) is 47.9 Å². The maximum atomic E-state index is 13.2. The van der Waals surface area contributed by atoms with Crippen molar-refractivity contribution in [2.75, 3.05) is 6.54 Å². The van der Waals surface area contributed by atoms with E-state index in [2.05, 4.69) is 20.9 Å². The van der Waals surface area contributed by atoms with E-state index in [1.807, 2.05) is 30.5 Å². The average molecular weight is 517 g/mol. The highest BCUT2D eigenvalue weighted by molar-refractivity contribution is 9.10. The van der Waals surface area contributed by atoms with Crippen molar-refractivity contribution >= 4 is 44.3 Å². The van der Waals surface area contributed by atoms with Crippen molar-refractivity contribution in [1.29, 1.82) is 0 Å². The van der Waals surface area contributed by atoms with Crippen LogP contribution in [0, 0.1) is 0 Å². The molecule has 0 spiro atoms. The van der Waals surface area contributed by atoms with Crippen LogP contribution >= 0.6 is 15.9 Å². The van der Waals surface area contributed by atoms with Crippen molar-refractivity contribution in [3.63, 3.8) is 0 Å². The fraction of sp³-hybridized carbons (Fsp3) is 0.111. The molecule has 0 bridgehead atoms. The number of carbonyl (C=O) groups is 2. The number of phenols is 1. The number of H-pyrrole nitrogens is 1. The molecule has 2 heterocycles. The Hall–Kier alpha value is -3.84. The Labute approximate surface area is 204 Å². The predicted octanol–water partition coefficient (Wildman–Crippen LogP) is 5.30. The molecule has 1 aliphatic heterocycles. The van der Waals surface area contributed by atoms with E-state index in [1.54, 1.807) is 36.4 Å². The molecule has 3 N–H and O–H groups in total. The van der Waals surface area contributed by atoms with Crippen LogP contribution in [0.15, 0.2) is 89.0 Å². The van der Waals surface area contributed by atoms with Gasteiger partial charge in [-0.1, -0.05) is 58.4 Å². The molecule has 1 unspecified atom stereocenters. The van der Waals surface area contributed by atoms with Crippen molar-refractivity contribution in [3.05, 3.63) is 106 Å². The van der Waals surface area contributed by atoms with E-state index in [9.17, 15) is 19.8 Å². The van der Waals surface area contributed by atoms with Crippen LogP contribution in [0.4, 0.5) is 0 Å². The number of nitrogens with one attached hydrogen (secondary N) is 1. The molecule has 0 saturated carbocycles. The molecule has 1 atom stereocenters. The molecule has 7 heteroatoms. The Bertz CT molecular complexity index is 1440. The van der Waals surface area contributed by atoms with E-state index >= 15 is 0 Å². The SMILES string of the molecule is O=C1C(=O)N(CCc2c[nH]c3ccccc23)C(c2cccc(O)c2)C1=C(O)c1ccc(Br)cc1. The lowest BCUT2D eigenvalue weighted by atomic mass is 9.95. The molecule has 170 valence electrons. The number of hydrogen-bond donors (Lipinski definition) is 3. The first-order valence-electron chi connectivity index (χ1n) is 10.8. The van der Waals surface area contributed by atoms with Gasteiger partial charge < -0.3 is 20.1 Å². The number of fused-ring (bicyclic) bond motifs is 1. The summed E-state index contributed by atoms with van der Waals surface area (Å²) in [7, 11) is 0. The molecule has 1 aromatic heterocycles. The van der Waals surface area contributed by atoms with Gasteiger partial charge in [0.15, 0.2) is 0 Å². The van der Waals surface area contributed by atoms with Crippen LogP contribution in [-0.4, -0.2) is 38.3 Å². The number of likely N-dealkylation sites (tertiary alicyclic amines) is 1. The summed E-state index contributed by atoms with van der Waals surface area (Å²) in [6.45, 7) is 0.268. The van der Waals surface area contributed by atoms with E-state index in [0.717, 1.165) is 20.9 Å². The molecule has 6 nitrogen and oxygen atoms in total. The summed E-state index contributed by atoms with van der Waals surface area (Å²) < 4.78 is 0.827. The van der Waals surface area contributed by atoms with Crippen LogP contribution < -0.4 is 0 Å². The second kappa shape index (κ2) is 8.83. The number of para-hydroxylation sites is 1. The number of aromatic hydroxyl groups is 1. The Morgan fingerprint density at radius 2 is 1.76 bits per heavy atom. The van der Waals surface area contributed by atoms with E-state index < -0.39 is 17.7 Å². The number of aromatic nitrogens is 1. The lowest BCUT2D eigenvalue weighted by molar-refractivity contribution is -0.139. The van der Waals surface area contributed by atoms with Crippen LogP contribution in [0.3, 0.4) is 0 Å². The normalized spacial score (nSPS) is 17.6. The number of aliphatic hydroxyl groups is 1. The van der Waals surface area contributed by atoms with Gasteiger partial charge in [0.25, 0.3) is 11.7 Å². The molecule has 4 aromatic rings. The number of aliphatic hydroxyl groups excluding tert-OH is 1. The third-order valence-corrected chi connectivity index (χ3v) is 6.67. The predicted molar refractivity (Wildman–Crippen MR) is 133 cm³/mol. The highest BCUT2D eigenvalue weighted by Gasteiger charge is 2.46. The van der Waals surface area contributed by atoms with Gasteiger partial charge in [0.2, 0.25) is 0 Å². The molecule has 0 radical (unpaired) electrons. The largest absolute Gasteiger partial charge is 0.508 e. The van der Waals surface area contributed by atoms with Gasteiger partial charge in [-0.25, -0.2) is 0 Å². The number of hydrogen-bond acceptors (Lipinski definition) is 4. The number of amides is 1. The summed E-state index contributed by atoms with van der Waals surface area (Å²) in [6.07, 6.45) is 2.43. The zero-order valence-corrected chi connectivity index (χ0v) is 19.6. The van der Waals surface area contributed by atoms with Crippen molar-refractivity contribution in [1.82, 2.24) is 9.88 Å². The van der Waals surface area contributed by atoms with Gasteiger partial charge >= 0.3 is 0 Å². The van der Waals surface area contributed by atoms with Crippen molar-refractivity contribution in [2.45, 2.75) is 12.5 Å². The van der Waals surface area contributed by atoms with Crippen molar-refractivity contribution < 1.29 is 19.8 Å². The Kier molecular flexibility index (Phi) is 5.71. The Morgan fingerprint density at radius 3 is 2.53 bits per heavy atom. The van der Waals surface area contributed by atoms with Crippen LogP contribution in [0.1, 0.15) is 22.7 Å². The third kappa shape index (κ3) is 3.88. The van der Waals surface area contributed by atoms with Gasteiger partial charge in [-0.2, -0.15) is 0 Å². The molecule has 1 saturated heterocycles. The second-order valence-electron chi connectivity index (χ2n) is 8.20. The molecule has 1 amide bonds. The minimum absolute atomic E-state index is 0.0110. The fourth-order valence-electron chi connectivity index (χ4n) is 4.49. The number of carbonyl (C=O) groups excluding carboxylic acids is 2. The van der Waals surface area contributed by atoms with E-state index in [1.165, 1.54) is 17.0 Å². The summed E-state index contributed by atoms with van der Waals surface area (Å²) in [4.78, 5) is 31.0. The molecule has 0 aliphatic carbocycles. The highest BCUT2D eigenvalue weighted by Crippen LogP contribution is 2.40. The standard InChI is InChI=1S/C27H21BrN2O4/c28-19-10-8-16(9-11-19)25(32)23-24(17-4-3-5-20(31)14-17)30(27(34)26(23)33)13-12-18-15-29-22-7-2-1-6-21(18)22/h1-11,14-15,24,29,31-32H,12-13H2. The second-order valence-corrected chi connectivity index (χ2v) is 9.12. The van der Waals surface area contributed by atoms with E-state index in [0.29, 0.717) is 17.5 Å². The summed E-state index contributed by atoms with van der Waals surface area (Å²) in [5, 5.41) is 22.3. The number of rotatable bonds is 5. The first kappa shape index (κ1) is 22.0. The summed E-state index contributed by atoms with van der Waals surface area (Å²) in [6, 6.07) is 20.4. The number of phenolic OH excluding ortho intramolecular Hbond substituents is 1. The van der Waals surface area contributed by atoms with E-state index in [-0.39, 0.29) is 23.6 Å². The zero-order valence-electron chi connectivity index (χ0n) is 18.0. The van der Waals surface area contributed by atoms with E-state index in [4.69, 9.17) is 0 Å². The monoisotopic (exact) mass is 516 g/mol. The fourth-order valence-corrected chi connectivity index (χ4v) is 4.76. The molecule has 3 aromatic carbocycles. The molecule has 1 fully saturated rings. The number of halogens is 1. The molecule has 34 heavy (non-hydrogen) atoms. The molecular weight excluding hydrogens is 496 g/mol. The van der Waals surface area contributed by atoms with Gasteiger partial charge in [-0.3, -0.25) is 9.59 Å². The summed E-state index contributed by atoms with van der Waals surface area (Å²) >= 11 is 3.36. The summed E-state index contributed by atoms with van der Waals surface area (Å²) in [5.74, 6) is -1.64. The van der Waals surface area contributed by atoms with Gasteiger partial charge in [-0.15, -0.1) is 0 Å². The quantitative estimate of drug-likeness (QED) is 0.190. The Balaban J connectivity index is 1.57. The third-order valence-electron chi connectivity index (χ3n) is 6.14. The van der Waals surface area contributed by atoms with Crippen LogP contribution in [-0.2, 0) is 16.0 Å². The highest BCUT2D eigenvalue weighted by atomic mass is 79.9. The molecule has 1 aliphatic rings. The lowest BCUT2D eigenvalue weighted by Gasteiger charge is -2.25. The maximum Gasteiger partial charge on any atom is 0.295 e. The van der Waals surface area contributed by atoms with Crippen molar-refractivity contribution in [2.24, 2.45) is 0 Å². The van der Waals surface area contributed by atoms with Crippen LogP contribution in [0.2, 0.25) is 0 Å². The minimum atomic E-state index is -0.819. The summed E-state index contributed by atoms with van der Waals surface area (Å²) in [5.41, 5.74) is 3.02. The molecule has 5 rings (SSSR count). The number of nitrogens with zero attached hydrogens (tertiary/aromatic N) is 1. The lowest BCUT2D eigenvalue weighted by Crippen LogP contribution is -2.31. The number of benzene rings is 3. The van der Waals surface area contributed by atoms with Gasteiger partial charge in [0, 0.05) is 33.7 Å². The Morgan fingerprint density at radius 1 is 1.00 bits per heavy atom. The first-order chi connectivity index (χ1) is 16.4. The van der Waals surface area contributed by atoms with Gasteiger partial charge in [0.1, 0.15) is 11.5 Å². The first-order valence-corrected chi connectivity index (χ1v) is 11.6. The maximum absolute atomic E-state index is 13.2. The zero-order chi connectivity index (χ0) is 23.8.